The van der Waals surface area contributed by atoms with Crippen molar-refractivity contribution < 1.29 is 37.4 Å². The van der Waals surface area contributed by atoms with Crippen LogP contribution in [0.3, 0.4) is 0 Å². The van der Waals surface area contributed by atoms with Crippen molar-refractivity contribution in [1.82, 2.24) is 0 Å². The summed E-state index contributed by atoms with van der Waals surface area (Å²) in [6, 6.07) is 0. The number of hydrogen-bond acceptors (Lipinski definition) is 5. The van der Waals surface area contributed by atoms with E-state index < -0.39 is 15.6 Å². The Bertz CT molecular complexity index is 360. The van der Waals surface area contributed by atoms with Gasteiger partial charge in [0.1, 0.15) is 0 Å². The van der Waals surface area contributed by atoms with E-state index in [2.05, 4.69) is 8.83 Å². The highest BCUT2D eigenvalue weighted by atomic mass is 31.3. The quantitative estimate of drug-likeness (QED) is 0.333. The number of methoxy groups -OCH3 is 1. The predicted octanol–water partition coefficient (Wildman–Crippen LogP) is 1.59. The van der Waals surface area contributed by atoms with E-state index >= 15 is 0 Å². The summed E-state index contributed by atoms with van der Waals surface area (Å²) in [5.74, 6) is 0. The molecule has 0 saturated carbocycles. The SMILES string of the molecule is COCCC/C(C)=C/COP(=O)(O)OP(=O)(O)O. The zero-order valence-electron chi connectivity index (χ0n) is 10.2. The molecule has 0 radical (unpaired) electrons. The first-order chi connectivity index (χ1) is 8.16. The lowest BCUT2D eigenvalue weighted by atomic mass is 10.1. The third-order valence-electron chi connectivity index (χ3n) is 1.80. The smallest absolute Gasteiger partial charge is 0.385 e. The lowest BCUT2D eigenvalue weighted by Crippen LogP contribution is -1.95. The van der Waals surface area contributed by atoms with Gasteiger partial charge in [0, 0.05) is 13.7 Å². The molecule has 0 aliphatic heterocycles. The molecule has 0 aliphatic carbocycles. The van der Waals surface area contributed by atoms with Crippen LogP contribution in [0.5, 0.6) is 0 Å². The Morgan fingerprint density at radius 2 is 1.89 bits per heavy atom. The van der Waals surface area contributed by atoms with Crippen LogP contribution in [0.1, 0.15) is 19.8 Å². The normalized spacial score (nSPS) is 16.6. The molecule has 0 aromatic heterocycles. The summed E-state index contributed by atoms with van der Waals surface area (Å²) in [5, 5.41) is 0. The summed E-state index contributed by atoms with van der Waals surface area (Å²) < 4.78 is 34.2. The first kappa shape index (κ1) is 18.0. The van der Waals surface area contributed by atoms with Gasteiger partial charge < -0.3 is 19.4 Å². The monoisotopic (exact) mass is 304 g/mol. The van der Waals surface area contributed by atoms with Crippen molar-refractivity contribution in [1.29, 1.82) is 0 Å². The molecule has 108 valence electrons. The van der Waals surface area contributed by atoms with E-state index in [1.807, 2.05) is 0 Å². The van der Waals surface area contributed by atoms with Crippen LogP contribution in [0.4, 0.5) is 0 Å². The molecule has 1 unspecified atom stereocenters. The molecule has 0 heterocycles. The molecule has 0 amide bonds. The van der Waals surface area contributed by atoms with Crippen LogP contribution in [0.25, 0.3) is 0 Å². The summed E-state index contributed by atoms with van der Waals surface area (Å²) in [6.45, 7) is 2.13. The van der Waals surface area contributed by atoms with E-state index in [9.17, 15) is 9.13 Å². The highest BCUT2D eigenvalue weighted by Crippen LogP contribution is 2.57. The Balaban J connectivity index is 4.05. The summed E-state index contributed by atoms with van der Waals surface area (Å²) in [6.07, 6.45) is 3.06. The number of hydrogen-bond donors (Lipinski definition) is 3. The van der Waals surface area contributed by atoms with Crippen molar-refractivity contribution in [2.75, 3.05) is 20.3 Å². The molecule has 0 aliphatic rings. The summed E-state index contributed by atoms with van der Waals surface area (Å²) in [7, 11) is -8.20. The van der Waals surface area contributed by atoms with Gasteiger partial charge in [-0.05, 0) is 19.8 Å². The minimum absolute atomic E-state index is 0.271. The maximum Gasteiger partial charge on any atom is 0.481 e. The molecular weight excluding hydrogens is 286 g/mol. The molecule has 0 saturated heterocycles. The van der Waals surface area contributed by atoms with E-state index in [1.54, 1.807) is 14.0 Å². The molecule has 3 N–H and O–H groups in total. The summed E-state index contributed by atoms with van der Waals surface area (Å²) in [5.41, 5.74) is 0.906. The Morgan fingerprint density at radius 3 is 2.39 bits per heavy atom. The van der Waals surface area contributed by atoms with Crippen LogP contribution in [-0.4, -0.2) is 35.0 Å². The average molecular weight is 304 g/mol. The zero-order valence-corrected chi connectivity index (χ0v) is 12.0. The van der Waals surface area contributed by atoms with Crippen molar-refractivity contribution in [2.45, 2.75) is 19.8 Å². The van der Waals surface area contributed by atoms with Crippen LogP contribution in [0.2, 0.25) is 0 Å². The minimum atomic E-state index is -5.05. The Morgan fingerprint density at radius 1 is 1.28 bits per heavy atom. The van der Waals surface area contributed by atoms with Crippen LogP contribution in [0.15, 0.2) is 11.6 Å². The average Bonchev–Trinajstić information content (AvgIpc) is 2.13. The van der Waals surface area contributed by atoms with Crippen molar-refractivity contribution in [2.24, 2.45) is 0 Å². The lowest BCUT2D eigenvalue weighted by Gasteiger charge is -2.11. The van der Waals surface area contributed by atoms with Gasteiger partial charge in [-0.25, -0.2) is 9.13 Å². The van der Waals surface area contributed by atoms with E-state index in [0.717, 1.165) is 18.4 Å². The van der Waals surface area contributed by atoms with Gasteiger partial charge in [-0.15, -0.1) is 0 Å². The molecule has 0 aromatic carbocycles. The molecule has 0 fully saturated rings. The molecule has 1 atom stereocenters. The van der Waals surface area contributed by atoms with Gasteiger partial charge in [0.05, 0.1) is 6.61 Å². The van der Waals surface area contributed by atoms with Crippen LogP contribution < -0.4 is 0 Å². The standard InChI is InChI=1S/C8H18O8P2/c1-8(4-3-6-14-2)5-7-15-18(12,13)16-17(9,10)11/h5H,3-4,6-7H2,1-2H3,(H,12,13)(H2,9,10,11)/b8-5+. The van der Waals surface area contributed by atoms with E-state index in [-0.39, 0.29) is 6.61 Å². The molecule has 10 heteroatoms. The number of rotatable bonds is 9. The second-order valence-corrected chi connectivity index (χ2v) is 6.31. The van der Waals surface area contributed by atoms with Crippen molar-refractivity contribution in [3.63, 3.8) is 0 Å². The topological polar surface area (TPSA) is 123 Å². The highest BCUT2D eigenvalue weighted by molar-refractivity contribution is 7.60. The van der Waals surface area contributed by atoms with Crippen LogP contribution in [0, 0.1) is 0 Å². The van der Waals surface area contributed by atoms with Gasteiger partial charge in [-0.3, -0.25) is 4.52 Å². The van der Waals surface area contributed by atoms with Gasteiger partial charge >= 0.3 is 15.6 Å². The fraction of sp³-hybridized carbons (Fsp3) is 0.750. The minimum Gasteiger partial charge on any atom is -0.385 e. The van der Waals surface area contributed by atoms with E-state index in [1.165, 1.54) is 6.08 Å². The Kier molecular flexibility index (Phi) is 8.18. The van der Waals surface area contributed by atoms with Crippen molar-refractivity contribution in [3.8, 4) is 0 Å². The first-order valence-corrected chi connectivity index (χ1v) is 8.07. The highest BCUT2D eigenvalue weighted by Gasteiger charge is 2.31. The van der Waals surface area contributed by atoms with Crippen LogP contribution >= 0.6 is 15.6 Å². The fourth-order valence-corrected chi connectivity index (χ4v) is 2.56. The third-order valence-corrected chi connectivity index (χ3v) is 3.95. The molecule has 0 rings (SSSR count). The Labute approximate surface area is 105 Å². The summed E-state index contributed by atoms with van der Waals surface area (Å²) >= 11 is 0. The first-order valence-electron chi connectivity index (χ1n) is 5.05. The van der Waals surface area contributed by atoms with Gasteiger partial charge in [0.25, 0.3) is 0 Å². The molecule has 0 bridgehead atoms. The maximum atomic E-state index is 11.0. The second kappa shape index (κ2) is 8.19. The lowest BCUT2D eigenvalue weighted by molar-refractivity contribution is 0.190. The maximum absolute atomic E-state index is 11.0. The number of phosphoric acid groups is 2. The predicted molar refractivity (Wildman–Crippen MR) is 63.8 cm³/mol. The summed E-state index contributed by atoms with van der Waals surface area (Å²) in [4.78, 5) is 25.7. The molecule has 18 heavy (non-hydrogen) atoms. The number of ether oxygens (including phenoxy) is 1. The van der Waals surface area contributed by atoms with Crippen molar-refractivity contribution >= 4 is 15.6 Å². The third kappa shape index (κ3) is 11.1. The van der Waals surface area contributed by atoms with Gasteiger partial charge in [0.15, 0.2) is 0 Å². The molecule has 8 nitrogen and oxygen atoms in total. The van der Waals surface area contributed by atoms with Gasteiger partial charge in [0.2, 0.25) is 0 Å². The molecule has 0 spiro atoms. The van der Waals surface area contributed by atoms with E-state index in [0.29, 0.717) is 6.61 Å². The van der Waals surface area contributed by atoms with Gasteiger partial charge in [-0.1, -0.05) is 11.6 Å². The second-order valence-electron chi connectivity index (χ2n) is 3.48. The molecule has 0 aromatic rings. The Hall–Kier alpha value is -0.0400. The molecular formula is C8H18O8P2. The van der Waals surface area contributed by atoms with E-state index in [4.69, 9.17) is 19.4 Å². The fourth-order valence-electron chi connectivity index (χ4n) is 1.03. The number of phosphoric ester groups is 1. The van der Waals surface area contributed by atoms with Crippen molar-refractivity contribution in [3.05, 3.63) is 11.6 Å². The number of allylic oxidation sites excluding steroid dienone is 1. The van der Waals surface area contributed by atoms with Crippen LogP contribution in [-0.2, 0) is 22.7 Å². The van der Waals surface area contributed by atoms with Gasteiger partial charge in [-0.2, -0.15) is 4.31 Å². The largest absolute Gasteiger partial charge is 0.481 e. The zero-order chi connectivity index (χ0) is 14.2.